The number of likely N-dealkylation sites (N-methyl/N-ethyl adjacent to an activating group) is 1. The van der Waals surface area contributed by atoms with E-state index in [2.05, 4.69) is 10.2 Å². The van der Waals surface area contributed by atoms with Crippen molar-refractivity contribution in [1.29, 1.82) is 0 Å². The molecule has 0 aromatic carbocycles. The number of rotatable bonds is 9. The Bertz CT molecular complexity index is 347. The Morgan fingerprint density at radius 1 is 1.38 bits per heavy atom. The summed E-state index contributed by atoms with van der Waals surface area (Å²) in [6.07, 6.45) is 0.621. The fourth-order valence-corrected chi connectivity index (χ4v) is 2.56. The van der Waals surface area contributed by atoms with Crippen LogP contribution in [0, 0.1) is 5.41 Å². The van der Waals surface area contributed by atoms with E-state index >= 15 is 0 Å². The van der Waals surface area contributed by atoms with Gasteiger partial charge in [-0.1, -0.05) is 13.8 Å². The molecule has 2 atom stereocenters. The molecule has 0 radical (unpaired) electrons. The Morgan fingerprint density at radius 2 is 2.05 bits per heavy atom. The SMILES string of the molecule is CCOC1CC(N)(C(=O)NCCOCCN(C)C)C1(C)C. The van der Waals surface area contributed by atoms with Gasteiger partial charge in [-0.05, 0) is 21.0 Å². The zero-order valence-electron chi connectivity index (χ0n) is 14.1. The predicted molar refractivity (Wildman–Crippen MR) is 83.1 cm³/mol. The van der Waals surface area contributed by atoms with Gasteiger partial charge in [0.25, 0.3) is 0 Å². The number of ether oxygens (including phenoxy) is 2. The number of carbonyl (C=O) groups excluding carboxylic acids is 1. The highest BCUT2D eigenvalue weighted by Gasteiger charge is 2.62. The van der Waals surface area contributed by atoms with Crippen molar-refractivity contribution in [2.45, 2.75) is 38.8 Å². The molecule has 0 aromatic rings. The van der Waals surface area contributed by atoms with Gasteiger partial charge in [0.15, 0.2) is 0 Å². The molecule has 0 aliphatic heterocycles. The number of carbonyl (C=O) groups is 1. The van der Waals surface area contributed by atoms with E-state index in [9.17, 15) is 4.79 Å². The Hall–Kier alpha value is -0.690. The normalized spacial score (nSPS) is 27.5. The van der Waals surface area contributed by atoms with Crippen LogP contribution in [0.4, 0.5) is 0 Å². The van der Waals surface area contributed by atoms with Gasteiger partial charge < -0.3 is 25.4 Å². The van der Waals surface area contributed by atoms with Gasteiger partial charge in [-0.3, -0.25) is 4.79 Å². The first-order valence-corrected chi connectivity index (χ1v) is 7.67. The summed E-state index contributed by atoms with van der Waals surface area (Å²) in [5, 5.41) is 2.87. The van der Waals surface area contributed by atoms with Crippen LogP contribution >= 0.6 is 0 Å². The molecule has 0 bridgehead atoms. The third kappa shape index (κ3) is 4.16. The second-order valence-electron chi connectivity index (χ2n) is 6.51. The standard InChI is InChI=1S/C15H31N3O3/c1-6-21-12-11-15(16,14(12,2)3)13(19)17-7-9-20-10-8-18(4)5/h12H,6-11,16H2,1-5H3,(H,17,19). The molecule has 0 spiro atoms. The summed E-state index contributed by atoms with van der Waals surface area (Å²) in [5.41, 5.74) is 5.09. The third-order valence-electron chi connectivity index (χ3n) is 4.45. The Labute approximate surface area is 128 Å². The van der Waals surface area contributed by atoms with Crippen LogP contribution in [-0.2, 0) is 14.3 Å². The minimum Gasteiger partial charge on any atom is -0.378 e. The van der Waals surface area contributed by atoms with Crippen molar-refractivity contribution >= 4 is 5.91 Å². The maximum Gasteiger partial charge on any atom is 0.240 e. The maximum atomic E-state index is 12.3. The van der Waals surface area contributed by atoms with Gasteiger partial charge in [-0.2, -0.15) is 0 Å². The lowest BCUT2D eigenvalue weighted by Gasteiger charge is -2.57. The molecule has 124 valence electrons. The van der Waals surface area contributed by atoms with Crippen LogP contribution in [0.25, 0.3) is 0 Å². The highest BCUT2D eigenvalue weighted by Crippen LogP contribution is 2.49. The van der Waals surface area contributed by atoms with E-state index < -0.39 is 5.54 Å². The molecule has 0 saturated heterocycles. The van der Waals surface area contributed by atoms with E-state index in [1.807, 2.05) is 34.9 Å². The fraction of sp³-hybridized carbons (Fsp3) is 0.933. The van der Waals surface area contributed by atoms with E-state index in [4.69, 9.17) is 15.2 Å². The van der Waals surface area contributed by atoms with Crippen LogP contribution in [-0.4, -0.2) is 69.5 Å². The quantitative estimate of drug-likeness (QED) is 0.596. The van der Waals surface area contributed by atoms with Crippen molar-refractivity contribution in [3.63, 3.8) is 0 Å². The van der Waals surface area contributed by atoms with Crippen molar-refractivity contribution in [3.8, 4) is 0 Å². The van der Waals surface area contributed by atoms with Crippen molar-refractivity contribution in [2.24, 2.45) is 11.1 Å². The third-order valence-corrected chi connectivity index (χ3v) is 4.45. The van der Waals surface area contributed by atoms with E-state index in [1.54, 1.807) is 0 Å². The van der Waals surface area contributed by atoms with Crippen molar-refractivity contribution in [2.75, 3.05) is 47.0 Å². The zero-order chi connectivity index (χ0) is 16.1. The summed E-state index contributed by atoms with van der Waals surface area (Å²) in [4.78, 5) is 14.4. The molecule has 1 aliphatic rings. The number of nitrogens with one attached hydrogen (secondary N) is 1. The van der Waals surface area contributed by atoms with Gasteiger partial charge in [-0.25, -0.2) is 0 Å². The van der Waals surface area contributed by atoms with Gasteiger partial charge in [0.1, 0.15) is 5.54 Å². The van der Waals surface area contributed by atoms with Crippen molar-refractivity contribution in [3.05, 3.63) is 0 Å². The average Bonchev–Trinajstić information content (AvgIpc) is 2.41. The monoisotopic (exact) mass is 301 g/mol. The molecule has 0 heterocycles. The molecule has 1 rings (SSSR count). The number of nitrogens with zero attached hydrogens (tertiary/aromatic N) is 1. The molecule has 2 unspecified atom stereocenters. The molecule has 21 heavy (non-hydrogen) atoms. The molecule has 1 aliphatic carbocycles. The lowest BCUT2D eigenvalue weighted by Crippen LogP contribution is -2.75. The molecule has 6 nitrogen and oxygen atoms in total. The highest BCUT2D eigenvalue weighted by molar-refractivity contribution is 5.88. The molecule has 0 aromatic heterocycles. The number of hydrogen-bond donors (Lipinski definition) is 2. The average molecular weight is 301 g/mol. The van der Waals surface area contributed by atoms with Gasteiger partial charge in [0.2, 0.25) is 5.91 Å². The van der Waals surface area contributed by atoms with E-state index in [-0.39, 0.29) is 17.4 Å². The van der Waals surface area contributed by atoms with Crippen LogP contribution in [0.3, 0.4) is 0 Å². The molecule has 1 amide bonds. The van der Waals surface area contributed by atoms with Gasteiger partial charge in [0.05, 0.1) is 19.3 Å². The van der Waals surface area contributed by atoms with E-state index in [0.29, 0.717) is 32.8 Å². The van der Waals surface area contributed by atoms with Gasteiger partial charge >= 0.3 is 0 Å². The summed E-state index contributed by atoms with van der Waals surface area (Å²) in [6.45, 7) is 9.11. The molecular weight excluding hydrogens is 270 g/mol. The van der Waals surface area contributed by atoms with Gasteiger partial charge in [0, 0.05) is 31.5 Å². The summed E-state index contributed by atoms with van der Waals surface area (Å²) in [7, 11) is 3.99. The van der Waals surface area contributed by atoms with Crippen LogP contribution in [0.2, 0.25) is 0 Å². The Kier molecular flexibility index (Phi) is 6.59. The minimum atomic E-state index is -0.851. The summed E-state index contributed by atoms with van der Waals surface area (Å²) in [6, 6.07) is 0. The van der Waals surface area contributed by atoms with Crippen LogP contribution < -0.4 is 11.1 Å². The molecule has 3 N–H and O–H groups in total. The maximum absolute atomic E-state index is 12.3. The van der Waals surface area contributed by atoms with Crippen LogP contribution in [0.5, 0.6) is 0 Å². The molecular formula is C15H31N3O3. The summed E-state index contributed by atoms with van der Waals surface area (Å²) < 4.78 is 11.1. The second kappa shape index (κ2) is 7.54. The topological polar surface area (TPSA) is 76.8 Å². The molecule has 6 heteroatoms. The predicted octanol–water partition coefficient (Wildman–Crippen LogP) is 0.213. The summed E-state index contributed by atoms with van der Waals surface area (Å²) in [5.74, 6) is -0.111. The number of hydrogen-bond acceptors (Lipinski definition) is 5. The van der Waals surface area contributed by atoms with Crippen LogP contribution in [0.15, 0.2) is 0 Å². The first-order chi connectivity index (χ1) is 9.75. The largest absolute Gasteiger partial charge is 0.378 e. The van der Waals surface area contributed by atoms with Crippen LogP contribution in [0.1, 0.15) is 27.2 Å². The first kappa shape index (κ1) is 18.4. The lowest BCUT2D eigenvalue weighted by molar-refractivity contribution is -0.170. The smallest absolute Gasteiger partial charge is 0.240 e. The Morgan fingerprint density at radius 3 is 2.57 bits per heavy atom. The van der Waals surface area contributed by atoms with Crippen molar-refractivity contribution in [1.82, 2.24) is 10.2 Å². The van der Waals surface area contributed by atoms with Gasteiger partial charge in [-0.15, -0.1) is 0 Å². The zero-order valence-corrected chi connectivity index (χ0v) is 14.1. The minimum absolute atomic E-state index is 0.0505. The number of amides is 1. The Balaban J connectivity index is 2.29. The number of nitrogens with two attached hydrogens (primary N) is 1. The summed E-state index contributed by atoms with van der Waals surface area (Å²) >= 11 is 0. The molecule has 1 saturated carbocycles. The van der Waals surface area contributed by atoms with Crippen molar-refractivity contribution < 1.29 is 14.3 Å². The fourth-order valence-electron chi connectivity index (χ4n) is 2.56. The molecule has 1 fully saturated rings. The first-order valence-electron chi connectivity index (χ1n) is 7.67. The lowest BCUT2D eigenvalue weighted by atomic mass is 9.54. The highest BCUT2D eigenvalue weighted by atomic mass is 16.5. The van der Waals surface area contributed by atoms with E-state index in [1.165, 1.54) is 0 Å². The second-order valence-corrected chi connectivity index (χ2v) is 6.51. The van der Waals surface area contributed by atoms with E-state index in [0.717, 1.165) is 6.54 Å².